The van der Waals surface area contributed by atoms with E-state index in [1.54, 1.807) is 0 Å². The van der Waals surface area contributed by atoms with Crippen molar-refractivity contribution in [1.82, 2.24) is 0 Å². The van der Waals surface area contributed by atoms with Crippen molar-refractivity contribution in [3.63, 3.8) is 0 Å². The largest absolute Gasteiger partial charge is 0.333 e. The first-order chi connectivity index (χ1) is 6.24. The standard InChI is InChI=1S/C6H7.3CO.Cr/c1-6-4-2-3-5-6;3*1-2;/h2-6H,1H2;;;;/q-1;;;;. The third-order valence-corrected chi connectivity index (χ3v) is 1.86. The van der Waals surface area contributed by atoms with Gasteiger partial charge < -0.3 is 6.92 Å². The van der Waals surface area contributed by atoms with Crippen LogP contribution in [0.3, 0.4) is 0 Å². The van der Waals surface area contributed by atoms with Crippen LogP contribution in [-0.2, 0) is 27.2 Å². The summed E-state index contributed by atoms with van der Waals surface area (Å²) in [6.45, 7) is 3.76. The van der Waals surface area contributed by atoms with Gasteiger partial charge in [-0.3, -0.25) is 0 Å². The van der Waals surface area contributed by atoms with Crippen molar-refractivity contribution < 1.29 is 27.2 Å². The molecule has 4 heteroatoms. The Kier molecular flexibility index (Phi) is 6.69. The molecule has 0 saturated heterocycles. The van der Waals surface area contributed by atoms with Crippen molar-refractivity contribution in [2.45, 2.75) is 0 Å². The van der Waals surface area contributed by atoms with Crippen LogP contribution >= 0.6 is 0 Å². The van der Waals surface area contributed by atoms with Crippen LogP contribution in [0.15, 0.2) is 24.3 Å². The summed E-state index contributed by atoms with van der Waals surface area (Å²) in [6.07, 6.45) is 8.13. The van der Waals surface area contributed by atoms with Gasteiger partial charge in [0.15, 0.2) is 0 Å². The van der Waals surface area contributed by atoms with Crippen LogP contribution in [-0.4, -0.2) is 14.2 Å². The molecule has 3 nitrogen and oxygen atoms in total. The van der Waals surface area contributed by atoms with Gasteiger partial charge >= 0.3 is 41.5 Å². The molecule has 0 amide bonds. The van der Waals surface area contributed by atoms with Crippen LogP contribution in [0, 0.1) is 12.8 Å². The molecule has 0 radical (unpaired) electrons. The van der Waals surface area contributed by atoms with E-state index in [0.29, 0.717) is 5.92 Å². The zero-order chi connectivity index (χ0) is 10.1. The van der Waals surface area contributed by atoms with Gasteiger partial charge in [-0.1, -0.05) is 12.2 Å². The smallest absolute Gasteiger partial charge is 0.0687 e. The van der Waals surface area contributed by atoms with E-state index >= 15 is 0 Å². The van der Waals surface area contributed by atoms with E-state index in [0.717, 1.165) is 0 Å². The van der Waals surface area contributed by atoms with Crippen molar-refractivity contribution >= 4 is 14.2 Å². The summed E-state index contributed by atoms with van der Waals surface area (Å²) in [5, 5.41) is 0. The summed E-state index contributed by atoms with van der Waals surface area (Å²) >= 11 is -2.47. The van der Waals surface area contributed by atoms with Crippen LogP contribution in [0.2, 0.25) is 0 Å². The quantitative estimate of drug-likeness (QED) is 0.548. The fourth-order valence-electron chi connectivity index (χ4n) is 0.529. The summed E-state index contributed by atoms with van der Waals surface area (Å²) < 4.78 is 3.69. The number of hydrogen-bond donors (Lipinski definition) is 0. The Morgan fingerprint density at radius 1 is 1.00 bits per heavy atom. The number of hydrogen-bond acceptors (Lipinski definition) is 3. The van der Waals surface area contributed by atoms with Crippen molar-refractivity contribution in [3.8, 4) is 0 Å². The molecule has 0 bridgehead atoms. The maximum atomic E-state index is 9.37. The summed E-state index contributed by atoms with van der Waals surface area (Å²) in [6, 6.07) is 0. The van der Waals surface area contributed by atoms with E-state index in [2.05, 4.69) is 19.1 Å². The minimum atomic E-state index is -2.47. The average Bonchev–Trinajstić information content (AvgIpc) is 2.60. The van der Waals surface area contributed by atoms with Gasteiger partial charge in [-0.25, -0.2) is 0 Å². The predicted molar refractivity (Wildman–Crippen MR) is 44.2 cm³/mol. The molecular weight excluding hydrogens is 208 g/mol. The van der Waals surface area contributed by atoms with E-state index in [4.69, 9.17) is 0 Å². The molecule has 0 aliphatic heterocycles. The minimum Gasteiger partial charge on any atom is -0.333 e. The van der Waals surface area contributed by atoms with Crippen LogP contribution in [0.5, 0.6) is 0 Å². The number of carbonyl (C=O) groups excluding carboxylic acids is 3. The molecule has 0 spiro atoms. The van der Waals surface area contributed by atoms with Crippen molar-refractivity contribution in [1.29, 1.82) is 0 Å². The fourth-order valence-corrected chi connectivity index (χ4v) is 0.688. The van der Waals surface area contributed by atoms with E-state index < -0.39 is 12.8 Å². The molecule has 1 aliphatic carbocycles. The Bertz CT molecular complexity index is 366. The second-order valence-electron chi connectivity index (χ2n) is 1.99. The Balaban J connectivity index is 0.000000223. The molecule has 0 unspecified atom stereocenters. The first-order valence-corrected chi connectivity index (χ1v) is 5.21. The van der Waals surface area contributed by atoms with Gasteiger partial charge in [-0.05, 0) is 0 Å². The molecule has 0 aromatic carbocycles. The second-order valence-corrected chi connectivity index (χ2v) is 3.73. The van der Waals surface area contributed by atoms with Gasteiger partial charge in [-0.15, -0.1) is 18.1 Å². The average molecular weight is 215 g/mol. The second kappa shape index (κ2) is 7.40. The summed E-state index contributed by atoms with van der Waals surface area (Å²) in [5.41, 5.74) is 0. The van der Waals surface area contributed by atoms with E-state index in [-0.39, 0.29) is 0 Å². The van der Waals surface area contributed by atoms with E-state index in [1.807, 2.05) is 12.2 Å². The van der Waals surface area contributed by atoms with Crippen LogP contribution in [0.25, 0.3) is 0 Å². The topological polar surface area (TPSA) is 51.2 Å². The van der Waals surface area contributed by atoms with E-state index in [1.165, 1.54) is 14.2 Å². The Hall–Kier alpha value is -1.25. The van der Waals surface area contributed by atoms with Gasteiger partial charge in [0.2, 0.25) is 0 Å². The SMILES string of the molecule is O=[C]=[Cr](=[C]=O)=[C]=O.[CH2-]C1C=CC=C1. The number of rotatable bonds is 0. The van der Waals surface area contributed by atoms with Crippen molar-refractivity contribution in [2.24, 2.45) is 5.92 Å². The summed E-state index contributed by atoms with van der Waals surface area (Å²) in [4.78, 5) is 28.1. The third kappa shape index (κ3) is 5.96. The Morgan fingerprint density at radius 2 is 1.38 bits per heavy atom. The van der Waals surface area contributed by atoms with Gasteiger partial charge in [0.25, 0.3) is 0 Å². The molecule has 0 atom stereocenters. The van der Waals surface area contributed by atoms with Gasteiger partial charge in [0.05, 0.1) is 0 Å². The molecule has 0 heterocycles. The fraction of sp³-hybridized carbons (Fsp3) is 0.111. The van der Waals surface area contributed by atoms with Crippen LogP contribution in [0.4, 0.5) is 0 Å². The first kappa shape index (κ1) is 11.8. The third-order valence-electron chi connectivity index (χ3n) is 1.08. The normalized spacial score (nSPS) is 12.1. The monoisotopic (exact) mass is 215 g/mol. The predicted octanol–water partition coefficient (Wildman–Crippen LogP) is 0.369. The van der Waals surface area contributed by atoms with Crippen LogP contribution in [0.1, 0.15) is 0 Å². The van der Waals surface area contributed by atoms with Crippen LogP contribution < -0.4 is 0 Å². The number of allylic oxidation sites excluding steroid dienone is 4. The molecule has 1 rings (SSSR count). The molecule has 13 heavy (non-hydrogen) atoms. The summed E-state index contributed by atoms with van der Waals surface area (Å²) in [5.74, 6) is 0.435. The van der Waals surface area contributed by atoms with Crippen molar-refractivity contribution in [2.75, 3.05) is 0 Å². The molecular formula is C9H7CrO3-. The maximum Gasteiger partial charge on any atom is -0.0687 e. The molecule has 0 aromatic heterocycles. The Morgan fingerprint density at radius 3 is 1.46 bits per heavy atom. The summed E-state index contributed by atoms with van der Waals surface area (Å²) in [7, 11) is 0. The van der Waals surface area contributed by atoms with Gasteiger partial charge in [0.1, 0.15) is 0 Å². The van der Waals surface area contributed by atoms with Gasteiger partial charge in [-0.2, -0.15) is 0 Å². The molecule has 0 fully saturated rings. The van der Waals surface area contributed by atoms with E-state index in [9.17, 15) is 14.4 Å². The Labute approximate surface area is 79.0 Å². The zero-order valence-corrected chi connectivity index (χ0v) is 8.00. The molecule has 1 aliphatic rings. The molecule has 0 aromatic rings. The van der Waals surface area contributed by atoms with Crippen molar-refractivity contribution in [3.05, 3.63) is 31.2 Å². The maximum absolute atomic E-state index is 9.37. The minimum absolute atomic E-state index is 0.435. The zero-order valence-electron chi connectivity index (χ0n) is 6.73. The van der Waals surface area contributed by atoms with Gasteiger partial charge in [0, 0.05) is 0 Å². The molecule has 68 valence electrons. The first-order valence-electron chi connectivity index (χ1n) is 3.30. The molecule has 0 saturated carbocycles. The molecule has 0 N–H and O–H groups in total.